The number of ether oxygens (including phenoxy) is 1. The van der Waals surface area contributed by atoms with Crippen LogP contribution in [-0.2, 0) is 16.6 Å². The van der Waals surface area contributed by atoms with E-state index in [-0.39, 0.29) is 24.5 Å². The molecule has 0 radical (unpaired) electrons. The van der Waals surface area contributed by atoms with Crippen molar-refractivity contribution in [2.24, 2.45) is 12.8 Å². The van der Waals surface area contributed by atoms with Gasteiger partial charge in [-0.3, -0.25) is 14.4 Å². The molecule has 7 nitrogen and oxygen atoms in total. The molecule has 1 aromatic rings. The SMILES string of the molecule is CCC(N)C(c1cnn(C)c1)N(C)CC(=O)NCCOC. The third-order valence-corrected chi connectivity index (χ3v) is 3.44. The number of carbonyl (C=O) groups is 1. The lowest BCUT2D eigenvalue weighted by molar-refractivity contribution is -0.122. The van der Waals surface area contributed by atoms with Gasteiger partial charge in [0.1, 0.15) is 0 Å². The number of aryl methyl sites for hydroxylation is 1. The van der Waals surface area contributed by atoms with E-state index >= 15 is 0 Å². The molecule has 0 aliphatic carbocycles. The van der Waals surface area contributed by atoms with Crippen LogP contribution in [0.4, 0.5) is 0 Å². The number of likely N-dealkylation sites (N-methyl/N-ethyl adjacent to an activating group) is 1. The molecule has 0 bridgehead atoms. The fourth-order valence-electron chi connectivity index (χ4n) is 2.32. The Balaban J connectivity index is 2.68. The zero-order valence-electron chi connectivity index (χ0n) is 13.4. The first-order chi connectivity index (χ1) is 9.99. The molecular weight excluding hydrogens is 270 g/mol. The number of aromatic nitrogens is 2. The highest BCUT2D eigenvalue weighted by Crippen LogP contribution is 2.23. The maximum Gasteiger partial charge on any atom is 0.234 e. The van der Waals surface area contributed by atoms with Crippen LogP contribution < -0.4 is 11.1 Å². The summed E-state index contributed by atoms with van der Waals surface area (Å²) in [5, 5.41) is 7.01. The van der Waals surface area contributed by atoms with Crippen LogP contribution in [0.5, 0.6) is 0 Å². The van der Waals surface area contributed by atoms with Gasteiger partial charge in [-0.2, -0.15) is 5.10 Å². The summed E-state index contributed by atoms with van der Waals surface area (Å²) in [5.41, 5.74) is 7.25. The lowest BCUT2D eigenvalue weighted by atomic mass is 9.99. The standard InChI is InChI=1S/C14H27N5O2/c1-5-12(15)14(11-8-17-19(3)9-11)18(2)10-13(20)16-6-7-21-4/h8-9,12,14H,5-7,10,15H2,1-4H3,(H,16,20). The largest absolute Gasteiger partial charge is 0.383 e. The summed E-state index contributed by atoms with van der Waals surface area (Å²) in [7, 11) is 5.38. The molecule has 1 amide bonds. The van der Waals surface area contributed by atoms with Gasteiger partial charge in [0, 0.05) is 38.5 Å². The van der Waals surface area contributed by atoms with Crippen LogP contribution in [0.1, 0.15) is 24.9 Å². The minimum Gasteiger partial charge on any atom is -0.383 e. The van der Waals surface area contributed by atoms with E-state index < -0.39 is 0 Å². The summed E-state index contributed by atoms with van der Waals surface area (Å²) in [5.74, 6) is -0.0354. The summed E-state index contributed by atoms with van der Waals surface area (Å²) in [6.07, 6.45) is 4.58. The van der Waals surface area contributed by atoms with E-state index in [1.165, 1.54) is 0 Å². The van der Waals surface area contributed by atoms with Gasteiger partial charge in [0.05, 0.1) is 25.4 Å². The predicted molar refractivity (Wildman–Crippen MR) is 81.7 cm³/mol. The van der Waals surface area contributed by atoms with Crippen molar-refractivity contribution in [2.75, 3.05) is 33.9 Å². The maximum atomic E-state index is 11.9. The number of nitrogens with one attached hydrogen (secondary N) is 1. The average molecular weight is 297 g/mol. The third kappa shape index (κ3) is 5.45. The molecular formula is C14H27N5O2. The zero-order valence-corrected chi connectivity index (χ0v) is 13.4. The van der Waals surface area contributed by atoms with Crippen molar-refractivity contribution in [2.45, 2.75) is 25.4 Å². The molecule has 0 saturated heterocycles. The first-order valence-electron chi connectivity index (χ1n) is 7.19. The highest BCUT2D eigenvalue weighted by molar-refractivity contribution is 5.78. The average Bonchev–Trinajstić information content (AvgIpc) is 2.85. The molecule has 0 fully saturated rings. The number of nitrogens with zero attached hydrogens (tertiary/aromatic N) is 3. The molecule has 0 aromatic carbocycles. The van der Waals surface area contributed by atoms with Gasteiger partial charge >= 0.3 is 0 Å². The van der Waals surface area contributed by atoms with Gasteiger partial charge in [0.25, 0.3) is 0 Å². The molecule has 1 heterocycles. The number of rotatable bonds is 9. The number of amides is 1. The zero-order chi connectivity index (χ0) is 15.8. The fourth-order valence-corrected chi connectivity index (χ4v) is 2.32. The minimum atomic E-state index is -0.0500. The minimum absolute atomic E-state index is 0.0307. The Morgan fingerprint density at radius 2 is 2.33 bits per heavy atom. The monoisotopic (exact) mass is 297 g/mol. The van der Waals surface area contributed by atoms with Gasteiger partial charge in [-0.05, 0) is 13.5 Å². The van der Waals surface area contributed by atoms with Crippen molar-refractivity contribution >= 4 is 5.91 Å². The Kier molecular flexibility index (Phi) is 7.35. The molecule has 21 heavy (non-hydrogen) atoms. The topological polar surface area (TPSA) is 85.4 Å². The van der Waals surface area contributed by atoms with Crippen molar-refractivity contribution < 1.29 is 9.53 Å². The van der Waals surface area contributed by atoms with Crippen LogP contribution in [0.25, 0.3) is 0 Å². The number of hydrogen-bond donors (Lipinski definition) is 2. The summed E-state index contributed by atoms with van der Waals surface area (Å²) in [6.45, 7) is 3.36. The van der Waals surface area contributed by atoms with Gasteiger partial charge in [0.15, 0.2) is 0 Å². The Morgan fingerprint density at radius 1 is 1.62 bits per heavy atom. The van der Waals surface area contributed by atoms with E-state index in [0.29, 0.717) is 13.2 Å². The Morgan fingerprint density at radius 3 is 2.86 bits per heavy atom. The van der Waals surface area contributed by atoms with Crippen LogP contribution in [0.3, 0.4) is 0 Å². The van der Waals surface area contributed by atoms with Gasteiger partial charge in [-0.25, -0.2) is 0 Å². The maximum absolute atomic E-state index is 11.9. The van der Waals surface area contributed by atoms with E-state index in [4.69, 9.17) is 10.5 Å². The predicted octanol–water partition coefficient (Wildman–Crippen LogP) is -0.107. The van der Waals surface area contributed by atoms with Gasteiger partial charge in [0.2, 0.25) is 5.91 Å². The van der Waals surface area contributed by atoms with Crippen LogP contribution in [0.15, 0.2) is 12.4 Å². The van der Waals surface area contributed by atoms with Crippen LogP contribution in [0.2, 0.25) is 0 Å². The molecule has 0 spiro atoms. The summed E-state index contributed by atoms with van der Waals surface area (Å²) in [4.78, 5) is 13.9. The highest BCUT2D eigenvalue weighted by Gasteiger charge is 2.25. The Labute approximate surface area is 126 Å². The van der Waals surface area contributed by atoms with Crippen LogP contribution >= 0.6 is 0 Å². The van der Waals surface area contributed by atoms with Gasteiger partial charge in [-0.1, -0.05) is 6.92 Å². The van der Waals surface area contributed by atoms with E-state index in [1.807, 2.05) is 32.1 Å². The van der Waals surface area contributed by atoms with Crippen molar-refractivity contribution in [1.29, 1.82) is 0 Å². The van der Waals surface area contributed by atoms with Gasteiger partial charge < -0.3 is 15.8 Å². The molecule has 0 saturated carbocycles. The van der Waals surface area contributed by atoms with Crippen molar-refractivity contribution in [1.82, 2.24) is 20.0 Å². The molecule has 2 atom stereocenters. The lowest BCUT2D eigenvalue weighted by Crippen LogP contribution is -2.44. The fraction of sp³-hybridized carbons (Fsp3) is 0.714. The summed E-state index contributed by atoms with van der Waals surface area (Å²) in [6, 6.07) is -0.0807. The molecule has 1 aromatic heterocycles. The van der Waals surface area contributed by atoms with Gasteiger partial charge in [-0.15, -0.1) is 0 Å². The molecule has 3 N–H and O–H groups in total. The van der Waals surface area contributed by atoms with Crippen LogP contribution in [0, 0.1) is 0 Å². The van der Waals surface area contributed by atoms with Crippen molar-refractivity contribution in [3.05, 3.63) is 18.0 Å². The molecule has 1 rings (SSSR count). The van der Waals surface area contributed by atoms with E-state index in [9.17, 15) is 4.79 Å². The van der Waals surface area contributed by atoms with Crippen LogP contribution in [-0.4, -0.2) is 60.5 Å². The normalized spacial score (nSPS) is 14.2. The molecule has 120 valence electrons. The molecule has 2 unspecified atom stereocenters. The number of carbonyl (C=O) groups excluding carboxylic acids is 1. The highest BCUT2D eigenvalue weighted by atomic mass is 16.5. The second-order valence-corrected chi connectivity index (χ2v) is 5.22. The van der Waals surface area contributed by atoms with E-state index in [2.05, 4.69) is 10.4 Å². The first-order valence-corrected chi connectivity index (χ1v) is 7.19. The second kappa shape index (κ2) is 8.76. The van der Waals surface area contributed by atoms with E-state index in [0.717, 1.165) is 12.0 Å². The smallest absolute Gasteiger partial charge is 0.234 e. The summed E-state index contributed by atoms with van der Waals surface area (Å²) >= 11 is 0. The van der Waals surface area contributed by atoms with Crippen molar-refractivity contribution in [3.63, 3.8) is 0 Å². The number of hydrogen-bond acceptors (Lipinski definition) is 5. The van der Waals surface area contributed by atoms with Crippen molar-refractivity contribution in [3.8, 4) is 0 Å². The summed E-state index contributed by atoms with van der Waals surface area (Å²) < 4.78 is 6.66. The third-order valence-electron chi connectivity index (χ3n) is 3.44. The Bertz CT molecular complexity index is 435. The quantitative estimate of drug-likeness (QED) is 0.621. The number of methoxy groups -OCH3 is 1. The lowest BCUT2D eigenvalue weighted by Gasteiger charge is -2.31. The second-order valence-electron chi connectivity index (χ2n) is 5.22. The first kappa shape index (κ1) is 17.6. The molecule has 0 aliphatic rings. The van der Waals surface area contributed by atoms with E-state index in [1.54, 1.807) is 18.0 Å². The molecule has 0 aliphatic heterocycles. The number of nitrogens with two attached hydrogens (primary N) is 1. The Hall–Kier alpha value is -1.44. The molecule has 7 heteroatoms.